The Bertz CT molecular complexity index is 880. The van der Waals surface area contributed by atoms with Gasteiger partial charge in [0.1, 0.15) is 17.4 Å². The van der Waals surface area contributed by atoms with Gasteiger partial charge < -0.3 is 19.3 Å². The number of aromatic nitrogens is 2. The first-order valence-electron chi connectivity index (χ1n) is 11.0. The molecule has 1 aromatic carbocycles. The number of unbranched alkanes of at least 4 members (excludes halogenated alkanes) is 5. The highest BCUT2D eigenvalue weighted by atomic mass is 19.4. The summed E-state index contributed by atoms with van der Waals surface area (Å²) in [4.78, 5) is 4.33. The average Bonchev–Trinajstić information content (AvgIpc) is 3.16. The minimum Gasteiger partial charge on any atom is -0.493 e. The number of hydrogen-bond donors (Lipinski definition) is 1. The van der Waals surface area contributed by atoms with Crippen LogP contribution in [0.3, 0.4) is 0 Å². The molecule has 0 bridgehead atoms. The van der Waals surface area contributed by atoms with Crippen LogP contribution in [0, 0.1) is 0 Å². The Labute approximate surface area is 179 Å². The molecular formula is C22H28F3N3O3. The fourth-order valence-electron chi connectivity index (χ4n) is 4.03. The maximum atomic E-state index is 13.6. The van der Waals surface area contributed by atoms with E-state index in [1.165, 1.54) is 18.6 Å². The van der Waals surface area contributed by atoms with Crippen LogP contribution in [-0.2, 0) is 10.9 Å². The topological polar surface area (TPSA) is 72.7 Å². The Morgan fingerprint density at radius 1 is 1.19 bits per heavy atom. The van der Waals surface area contributed by atoms with Gasteiger partial charge in [-0.05, 0) is 37.6 Å². The quantitative estimate of drug-likeness (QED) is 0.400. The molecule has 0 unspecified atom stereocenters. The van der Waals surface area contributed by atoms with Crippen LogP contribution in [0.25, 0.3) is 11.4 Å². The van der Waals surface area contributed by atoms with Gasteiger partial charge in [-0.1, -0.05) is 44.2 Å². The van der Waals surface area contributed by atoms with E-state index in [-0.39, 0.29) is 35.4 Å². The lowest BCUT2D eigenvalue weighted by molar-refractivity contribution is -0.138. The van der Waals surface area contributed by atoms with E-state index in [0.717, 1.165) is 51.1 Å². The van der Waals surface area contributed by atoms with Crippen LogP contribution >= 0.6 is 0 Å². The van der Waals surface area contributed by atoms with Crippen molar-refractivity contribution >= 4 is 0 Å². The summed E-state index contributed by atoms with van der Waals surface area (Å²) in [5.74, 6) is 0.283. The van der Waals surface area contributed by atoms with Crippen molar-refractivity contribution < 1.29 is 27.2 Å². The van der Waals surface area contributed by atoms with Crippen molar-refractivity contribution in [2.75, 3.05) is 19.8 Å². The van der Waals surface area contributed by atoms with Crippen molar-refractivity contribution in [2.24, 2.45) is 0 Å². The summed E-state index contributed by atoms with van der Waals surface area (Å²) in [5.41, 5.74) is -0.906. The van der Waals surface area contributed by atoms with Crippen molar-refractivity contribution in [1.82, 2.24) is 15.5 Å². The molecule has 3 heterocycles. The molecule has 1 N–H and O–H groups in total. The predicted molar refractivity (Wildman–Crippen MR) is 108 cm³/mol. The number of nitrogens with one attached hydrogen (secondary N) is 1. The summed E-state index contributed by atoms with van der Waals surface area (Å²) in [5, 5.41) is 7.16. The maximum Gasteiger partial charge on any atom is 0.419 e. The molecule has 2 fully saturated rings. The number of halogens is 3. The van der Waals surface area contributed by atoms with Crippen LogP contribution in [-0.4, -0.2) is 35.5 Å². The number of benzene rings is 1. The van der Waals surface area contributed by atoms with Gasteiger partial charge in [0, 0.05) is 5.56 Å². The number of epoxide rings is 1. The monoisotopic (exact) mass is 439 g/mol. The van der Waals surface area contributed by atoms with Crippen molar-refractivity contribution in [3.8, 4) is 17.1 Å². The number of hydrogen-bond acceptors (Lipinski definition) is 6. The van der Waals surface area contributed by atoms with Crippen molar-refractivity contribution in [1.29, 1.82) is 0 Å². The first kappa shape index (κ1) is 22.1. The molecule has 0 aliphatic carbocycles. The number of ether oxygens (including phenoxy) is 2. The van der Waals surface area contributed by atoms with Crippen LogP contribution < -0.4 is 10.1 Å². The molecular weight excluding hydrogens is 411 g/mol. The van der Waals surface area contributed by atoms with E-state index in [0.29, 0.717) is 12.5 Å². The normalized spacial score (nSPS) is 22.9. The first-order chi connectivity index (χ1) is 14.9. The summed E-state index contributed by atoms with van der Waals surface area (Å²) in [6, 6.07) is 3.67. The SMILES string of the molecule is CCCCCCCCOc1ccc(-c2noc([C@H]3NCC[C@]34CO4)n2)cc1C(F)(F)F. The summed E-state index contributed by atoms with van der Waals surface area (Å²) in [6.45, 7) is 3.79. The van der Waals surface area contributed by atoms with Gasteiger partial charge in [-0.15, -0.1) is 0 Å². The van der Waals surface area contributed by atoms with Crippen LogP contribution in [0.2, 0.25) is 0 Å². The minimum atomic E-state index is -4.54. The molecule has 4 rings (SSSR count). The smallest absolute Gasteiger partial charge is 0.419 e. The molecule has 2 aromatic rings. The Kier molecular flexibility index (Phi) is 6.52. The van der Waals surface area contributed by atoms with Gasteiger partial charge >= 0.3 is 6.18 Å². The summed E-state index contributed by atoms with van der Waals surface area (Å²) in [7, 11) is 0. The molecule has 0 amide bonds. The molecule has 0 saturated carbocycles. The van der Waals surface area contributed by atoms with Gasteiger partial charge in [-0.3, -0.25) is 0 Å². The van der Waals surface area contributed by atoms with E-state index in [2.05, 4.69) is 22.4 Å². The molecule has 1 aromatic heterocycles. The fraction of sp³-hybridized carbons (Fsp3) is 0.636. The molecule has 0 radical (unpaired) electrons. The van der Waals surface area contributed by atoms with Gasteiger partial charge in [0.25, 0.3) is 0 Å². The van der Waals surface area contributed by atoms with Crippen LogP contribution in [0.5, 0.6) is 5.75 Å². The molecule has 9 heteroatoms. The van der Waals surface area contributed by atoms with Gasteiger partial charge in [0.2, 0.25) is 11.7 Å². The molecule has 2 atom stereocenters. The second-order valence-electron chi connectivity index (χ2n) is 8.27. The van der Waals surface area contributed by atoms with E-state index in [1.807, 2.05) is 0 Å². The van der Waals surface area contributed by atoms with E-state index < -0.39 is 11.7 Å². The van der Waals surface area contributed by atoms with Gasteiger partial charge in [0.15, 0.2) is 0 Å². The van der Waals surface area contributed by atoms with Crippen LogP contribution in [0.15, 0.2) is 22.7 Å². The molecule has 2 aliphatic heterocycles. The van der Waals surface area contributed by atoms with Crippen molar-refractivity contribution in [3.05, 3.63) is 29.7 Å². The van der Waals surface area contributed by atoms with Gasteiger partial charge in [-0.2, -0.15) is 18.2 Å². The second kappa shape index (κ2) is 9.16. The number of nitrogens with zero attached hydrogens (tertiary/aromatic N) is 2. The first-order valence-corrected chi connectivity index (χ1v) is 11.0. The minimum absolute atomic E-state index is 0.118. The summed E-state index contributed by atoms with van der Waals surface area (Å²) >= 11 is 0. The zero-order valence-electron chi connectivity index (χ0n) is 17.6. The highest BCUT2D eigenvalue weighted by Gasteiger charge is 2.57. The molecule has 31 heavy (non-hydrogen) atoms. The molecule has 1 spiro atoms. The van der Waals surface area contributed by atoms with Gasteiger partial charge in [0.05, 0.1) is 18.8 Å². The highest BCUT2D eigenvalue weighted by molar-refractivity contribution is 5.59. The Balaban J connectivity index is 1.44. The zero-order valence-corrected chi connectivity index (χ0v) is 17.6. The Morgan fingerprint density at radius 2 is 1.97 bits per heavy atom. The van der Waals surface area contributed by atoms with Crippen molar-refractivity contribution in [2.45, 2.75) is 69.7 Å². The average molecular weight is 439 g/mol. The lowest BCUT2D eigenvalue weighted by atomic mass is 10.0. The maximum absolute atomic E-state index is 13.6. The van der Waals surface area contributed by atoms with E-state index in [9.17, 15) is 13.2 Å². The third kappa shape index (κ3) is 5.03. The van der Waals surface area contributed by atoms with Crippen LogP contribution in [0.1, 0.15) is 69.4 Å². The third-order valence-electron chi connectivity index (χ3n) is 5.93. The molecule has 6 nitrogen and oxygen atoms in total. The second-order valence-corrected chi connectivity index (χ2v) is 8.27. The van der Waals surface area contributed by atoms with Gasteiger partial charge in [-0.25, -0.2) is 0 Å². The highest BCUT2D eigenvalue weighted by Crippen LogP contribution is 2.46. The largest absolute Gasteiger partial charge is 0.493 e. The standard InChI is InChI=1S/C22H28F3N3O3/c1-2-3-4-5-6-7-12-29-17-9-8-15(13-16(17)22(23,24)25)19-27-20(31-28-19)18-21(14-30-21)10-11-26-18/h8-9,13,18,26H,2-7,10-12,14H2,1H3/t18-,21+/m1/s1. The van der Waals surface area contributed by atoms with E-state index in [4.69, 9.17) is 14.0 Å². The third-order valence-corrected chi connectivity index (χ3v) is 5.93. The molecule has 2 saturated heterocycles. The summed E-state index contributed by atoms with van der Waals surface area (Å²) < 4.78 is 57.3. The van der Waals surface area contributed by atoms with Crippen LogP contribution in [0.4, 0.5) is 13.2 Å². The predicted octanol–water partition coefficient (Wildman–Crippen LogP) is 5.30. The van der Waals surface area contributed by atoms with E-state index in [1.54, 1.807) is 0 Å². The summed E-state index contributed by atoms with van der Waals surface area (Å²) in [6.07, 6.45) is 2.55. The Morgan fingerprint density at radius 3 is 2.71 bits per heavy atom. The van der Waals surface area contributed by atoms with Crippen molar-refractivity contribution in [3.63, 3.8) is 0 Å². The lowest BCUT2D eigenvalue weighted by Crippen LogP contribution is -2.24. The fourth-order valence-corrected chi connectivity index (χ4v) is 4.03. The van der Waals surface area contributed by atoms with E-state index >= 15 is 0 Å². The zero-order chi connectivity index (χ0) is 21.9. The number of alkyl halides is 3. The molecule has 170 valence electrons. The molecule has 2 aliphatic rings. The Hall–Kier alpha value is -2.13. The number of rotatable bonds is 10. The lowest BCUT2D eigenvalue weighted by Gasteiger charge is -2.15.